The Morgan fingerprint density at radius 2 is 2.12 bits per heavy atom. The largest absolute Gasteiger partial charge is 0.481 e. The molecule has 0 radical (unpaired) electrons. The molecule has 0 bridgehead atoms. The monoisotopic (exact) mass is 343 g/mol. The van der Waals surface area contributed by atoms with Gasteiger partial charge in [0.25, 0.3) is 0 Å². The third-order valence-corrected chi connectivity index (χ3v) is 5.82. The predicted octanol–water partition coefficient (Wildman–Crippen LogP) is 5.31. The fraction of sp³-hybridized carbons (Fsp3) is 0.591. The highest BCUT2D eigenvalue weighted by atomic mass is 16.4. The molecule has 0 aromatic heterocycles. The van der Waals surface area contributed by atoms with Crippen molar-refractivity contribution < 1.29 is 9.90 Å². The number of aryl methyl sites for hydroxylation is 1. The third kappa shape index (κ3) is 5.10. The summed E-state index contributed by atoms with van der Waals surface area (Å²) in [7, 11) is 0. The molecule has 25 heavy (non-hydrogen) atoms. The van der Waals surface area contributed by atoms with Gasteiger partial charge in [-0.2, -0.15) is 0 Å². The smallest absolute Gasteiger partial charge is 0.306 e. The fourth-order valence-electron chi connectivity index (χ4n) is 4.06. The molecule has 1 aliphatic carbocycles. The van der Waals surface area contributed by atoms with Crippen molar-refractivity contribution in [2.45, 2.75) is 71.6 Å². The van der Waals surface area contributed by atoms with E-state index >= 15 is 0 Å². The molecule has 1 aromatic rings. The molecule has 3 nitrogen and oxygen atoms in total. The zero-order valence-corrected chi connectivity index (χ0v) is 15.9. The Balaban J connectivity index is 2.22. The average molecular weight is 344 g/mol. The molecule has 0 saturated heterocycles. The zero-order valence-electron chi connectivity index (χ0n) is 15.9. The summed E-state index contributed by atoms with van der Waals surface area (Å²) >= 11 is 0. The lowest BCUT2D eigenvalue weighted by Crippen LogP contribution is -2.16. The summed E-state index contributed by atoms with van der Waals surface area (Å²) in [6, 6.07) is 6.44. The maximum absolute atomic E-state index is 11.3. The van der Waals surface area contributed by atoms with Gasteiger partial charge in [0.2, 0.25) is 0 Å². The van der Waals surface area contributed by atoms with E-state index in [1.54, 1.807) is 0 Å². The highest BCUT2D eigenvalue weighted by Gasteiger charge is 2.32. The van der Waals surface area contributed by atoms with E-state index < -0.39 is 5.97 Å². The normalized spacial score (nSPS) is 22.1. The molecular formula is C22H33NO2. The number of hydrogen-bond donors (Lipinski definition) is 2. The molecule has 0 amide bonds. The molecule has 3 heteroatoms. The van der Waals surface area contributed by atoms with Crippen molar-refractivity contribution >= 4 is 5.97 Å². The first-order chi connectivity index (χ1) is 11.9. The van der Waals surface area contributed by atoms with E-state index in [0.29, 0.717) is 5.92 Å². The summed E-state index contributed by atoms with van der Waals surface area (Å²) in [5.41, 5.74) is 11.4. The number of carboxylic acids is 1. The molecular weight excluding hydrogens is 310 g/mol. The van der Waals surface area contributed by atoms with Gasteiger partial charge in [-0.1, -0.05) is 44.0 Å². The Labute approximate surface area is 152 Å². The molecule has 1 aliphatic rings. The van der Waals surface area contributed by atoms with Gasteiger partial charge in [0.15, 0.2) is 0 Å². The number of allylic oxidation sites excluding steroid dienone is 2. The summed E-state index contributed by atoms with van der Waals surface area (Å²) in [5, 5.41) is 9.28. The first kappa shape index (κ1) is 19.6. The van der Waals surface area contributed by atoms with E-state index in [-0.39, 0.29) is 11.8 Å². The van der Waals surface area contributed by atoms with Gasteiger partial charge in [-0.05, 0) is 68.6 Å². The van der Waals surface area contributed by atoms with Crippen molar-refractivity contribution in [3.05, 3.63) is 46.7 Å². The molecule has 3 N–H and O–H groups in total. The van der Waals surface area contributed by atoms with Crippen LogP contribution in [0, 0.1) is 25.7 Å². The third-order valence-electron chi connectivity index (χ3n) is 5.82. The topological polar surface area (TPSA) is 63.3 Å². The van der Waals surface area contributed by atoms with Gasteiger partial charge < -0.3 is 10.8 Å². The van der Waals surface area contributed by atoms with Crippen molar-refractivity contribution in [2.24, 2.45) is 17.6 Å². The van der Waals surface area contributed by atoms with Gasteiger partial charge in [0.05, 0.1) is 5.92 Å². The number of aliphatic carboxylic acids is 1. The van der Waals surface area contributed by atoms with Crippen molar-refractivity contribution in [3.8, 4) is 0 Å². The number of rotatable bonds is 8. The van der Waals surface area contributed by atoms with E-state index in [9.17, 15) is 9.90 Å². The van der Waals surface area contributed by atoms with Crippen LogP contribution in [0.1, 0.15) is 74.5 Å². The number of carbonyl (C=O) groups is 1. The second kappa shape index (κ2) is 9.07. The van der Waals surface area contributed by atoms with Crippen LogP contribution in [0.4, 0.5) is 0 Å². The van der Waals surface area contributed by atoms with Crippen LogP contribution in [0.25, 0.3) is 0 Å². The van der Waals surface area contributed by atoms with E-state index in [2.05, 4.69) is 45.0 Å². The van der Waals surface area contributed by atoms with E-state index in [4.69, 9.17) is 5.73 Å². The van der Waals surface area contributed by atoms with Gasteiger partial charge in [0, 0.05) is 11.6 Å². The molecule has 0 heterocycles. The predicted molar refractivity (Wildman–Crippen MR) is 104 cm³/mol. The minimum Gasteiger partial charge on any atom is -0.481 e. The van der Waals surface area contributed by atoms with E-state index in [1.165, 1.54) is 23.1 Å². The highest BCUT2D eigenvalue weighted by molar-refractivity contribution is 5.70. The summed E-state index contributed by atoms with van der Waals surface area (Å²) < 4.78 is 0. The van der Waals surface area contributed by atoms with Crippen LogP contribution in [0.15, 0.2) is 30.0 Å². The molecule has 0 spiro atoms. The number of nitrogens with two attached hydrogens (primary N) is 1. The van der Waals surface area contributed by atoms with Crippen molar-refractivity contribution in [3.63, 3.8) is 0 Å². The van der Waals surface area contributed by atoms with Crippen LogP contribution in [0.5, 0.6) is 0 Å². The van der Waals surface area contributed by atoms with Crippen LogP contribution in [0.2, 0.25) is 0 Å². The Bertz CT molecular complexity index is 620. The molecule has 1 aromatic carbocycles. The zero-order chi connectivity index (χ0) is 18.4. The lowest BCUT2D eigenvalue weighted by atomic mass is 9.82. The lowest BCUT2D eigenvalue weighted by molar-refractivity contribution is -0.141. The summed E-state index contributed by atoms with van der Waals surface area (Å²) in [6.45, 7) is 6.51. The van der Waals surface area contributed by atoms with E-state index in [1.807, 2.05) is 0 Å². The van der Waals surface area contributed by atoms with Crippen LogP contribution < -0.4 is 5.73 Å². The van der Waals surface area contributed by atoms with Crippen LogP contribution in [-0.2, 0) is 4.79 Å². The minimum absolute atomic E-state index is 0.172. The van der Waals surface area contributed by atoms with Crippen LogP contribution in [-0.4, -0.2) is 11.1 Å². The second-order valence-corrected chi connectivity index (χ2v) is 7.64. The molecule has 1 saturated carbocycles. The van der Waals surface area contributed by atoms with Crippen LogP contribution >= 0.6 is 0 Å². The maximum atomic E-state index is 11.3. The molecule has 3 unspecified atom stereocenters. The van der Waals surface area contributed by atoms with Crippen LogP contribution in [0.3, 0.4) is 0 Å². The first-order valence-electron chi connectivity index (χ1n) is 9.68. The van der Waals surface area contributed by atoms with Gasteiger partial charge in [-0.25, -0.2) is 0 Å². The number of hydrogen-bond acceptors (Lipinski definition) is 2. The summed E-state index contributed by atoms with van der Waals surface area (Å²) in [5.74, 6) is -0.162. The molecule has 138 valence electrons. The van der Waals surface area contributed by atoms with E-state index in [0.717, 1.165) is 44.2 Å². The first-order valence-corrected chi connectivity index (χ1v) is 9.68. The summed E-state index contributed by atoms with van der Waals surface area (Å²) in [4.78, 5) is 11.3. The average Bonchev–Trinajstić information content (AvgIpc) is 3.05. The fourth-order valence-corrected chi connectivity index (χ4v) is 4.06. The number of carboxylic acid groups (broad SMARTS) is 1. The van der Waals surface area contributed by atoms with Gasteiger partial charge >= 0.3 is 5.97 Å². The Morgan fingerprint density at radius 1 is 1.36 bits per heavy atom. The Kier molecular flexibility index (Phi) is 7.10. The standard InChI is InChI=1S/C22H33NO2/c1-4-5-6-10-21(23)20(19-9-7-8-15(2)16(19)3)14-17-11-12-18(13-17)22(24)25/h7-10,17-18,20H,4-6,11-14,23H2,1-3H3,(H,24,25)/b21-10-. The molecule has 3 atom stereocenters. The Hall–Kier alpha value is -1.77. The van der Waals surface area contributed by atoms with Crippen molar-refractivity contribution in [1.29, 1.82) is 0 Å². The molecule has 2 rings (SSSR count). The van der Waals surface area contributed by atoms with Gasteiger partial charge in [0.1, 0.15) is 0 Å². The van der Waals surface area contributed by atoms with Crippen molar-refractivity contribution in [2.75, 3.05) is 0 Å². The Morgan fingerprint density at radius 3 is 2.76 bits per heavy atom. The van der Waals surface area contributed by atoms with Crippen molar-refractivity contribution in [1.82, 2.24) is 0 Å². The second-order valence-electron chi connectivity index (χ2n) is 7.64. The highest BCUT2D eigenvalue weighted by Crippen LogP contribution is 2.40. The number of unbranched alkanes of at least 4 members (excludes halogenated alkanes) is 2. The molecule has 0 aliphatic heterocycles. The number of benzene rings is 1. The van der Waals surface area contributed by atoms with Gasteiger partial charge in [-0.15, -0.1) is 0 Å². The summed E-state index contributed by atoms with van der Waals surface area (Å²) in [6.07, 6.45) is 9.10. The quantitative estimate of drug-likeness (QED) is 0.629. The SMILES string of the molecule is CCCC/C=C(\N)C(CC1CCC(C(=O)O)C1)c1cccc(C)c1C. The maximum Gasteiger partial charge on any atom is 0.306 e. The minimum atomic E-state index is -0.641. The van der Waals surface area contributed by atoms with Gasteiger partial charge in [-0.3, -0.25) is 4.79 Å². The molecule has 1 fully saturated rings. The lowest BCUT2D eigenvalue weighted by Gasteiger charge is -2.24.